The Morgan fingerprint density at radius 1 is 1.00 bits per heavy atom. The largest absolute Gasteiger partial charge is 0.493 e. The Morgan fingerprint density at radius 2 is 1.61 bits per heavy atom. The normalized spacial score (nSPS) is 10.6. The minimum absolute atomic E-state index is 0.299. The molecule has 0 unspecified atom stereocenters. The maximum absolute atomic E-state index is 13.6. The van der Waals surface area contributed by atoms with Gasteiger partial charge in [0.05, 0.1) is 21.3 Å². The molecule has 0 radical (unpaired) electrons. The van der Waals surface area contributed by atoms with Crippen molar-refractivity contribution in [2.45, 2.75) is 0 Å². The fraction of sp³-hybridized carbons (Fsp3) is 0.167. The number of carbonyl (C=O) groups excluding carboxylic acids is 1. The van der Waals surface area contributed by atoms with Crippen LogP contribution in [0.5, 0.6) is 17.2 Å². The second-order valence-corrected chi connectivity index (χ2v) is 4.63. The molecule has 120 valence electrons. The second kappa shape index (κ2) is 7.45. The molecule has 23 heavy (non-hydrogen) atoms. The van der Waals surface area contributed by atoms with Gasteiger partial charge in [0, 0.05) is 11.1 Å². The van der Waals surface area contributed by atoms with Crippen molar-refractivity contribution in [3.63, 3.8) is 0 Å². The van der Waals surface area contributed by atoms with Gasteiger partial charge in [-0.25, -0.2) is 4.39 Å². The van der Waals surface area contributed by atoms with E-state index in [-0.39, 0.29) is 11.6 Å². The van der Waals surface area contributed by atoms with Crippen molar-refractivity contribution in [2.75, 3.05) is 21.3 Å². The van der Waals surface area contributed by atoms with Crippen molar-refractivity contribution < 1.29 is 23.4 Å². The molecule has 0 aromatic heterocycles. The van der Waals surface area contributed by atoms with Crippen molar-refractivity contribution in [1.29, 1.82) is 0 Å². The molecule has 0 atom stereocenters. The molecule has 0 fully saturated rings. The Bertz CT molecular complexity index is 713. The summed E-state index contributed by atoms with van der Waals surface area (Å²) in [6.45, 7) is 0. The lowest BCUT2D eigenvalue weighted by Gasteiger charge is -2.13. The molecule has 2 aromatic carbocycles. The van der Waals surface area contributed by atoms with E-state index in [0.29, 0.717) is 28.4 Å². The van der Waals surface area contributed by atoms with Crippen LogP contribution in [-0.4, -0.2) is 27.1 Å². The average Bonchev–Trinajstić information content (AvgIpc) is 2.59. The highest BCUT2D eigenvalue weighted by Gasteiger charge is 2.15. The molecule has 0 saturated carbocycles. The summed E-state index contributed by atoms with van der Waals surface area (Å²) in [5.41, 5.74) is 0.695. The van der Waals surface area contributed by atoms with Crippen LogP contribution in [-0.2, 0) is 0 Å². The molecule has 0 heterocycles. The Labute approximate surface area is 134 Å². The lowest BCUT2D eigenvalue weighted by molar-refractivity contribution is 0.104. The summed E-state index contributed by atoms with van der Waals surface area (Å²) in [6.07, 6.45) is 2.74. The monoisotopic (exact) mass is 316 g/mol. The fourth-order valence-electron chi connectivity index (χ4n) is 2.10. The van der Waals surface area contributed by atoms with Crippen LogP contribution < -0.4 is 14.2 Å². The molecule has 0 bridgehead atoms. The Kier molecular flexibility index (Phi) is 5.36. The number of hydrogen-bond donors (Lipinski definition) is 0. The van der Waals surface area contributed by atoms with Crippen LogP contribution >= 0.6 is 0 Å². The van der Waals surface area contributed by atoms with Crippen LogP contribution in [0.15, 0.2) is 42.5 Å². The van der Waals surface area contributed by atoms with E-state index < -0.39 is 0 Å². The number of methoxy groups -OCH3 is 3. The van der Waals surface area contributed by atoms with Crippen LogP contribution in [0.2, 0.25) is 0 Å². The quantitative estimate of drug-likeness (QED) is 0.601. The van der Waals surface area contributed by atoms with Crippen molar-refractivity contribution in [3.05, 3.63) is 59.4 Å². The van der Waals surface area contributed by atoms with Crippen LogP contribution in [0.3, 0.4) is 0 Å². The third-order valence-electron chi connectivity index (χ3n) is 3.27. The number of ketones is 1. The highest BCUT2D eigenvalue weighted by molar-refractivity contribution is 6.07. The highest BCUT2D eigenvalue weighted by Crippen LogP contribution is 2.38. The number of rotatable bonds is 6. The molecule has 0 N–H and O–H groups in total. The van der Waals surface area contributed by atoms with Crippen molar-refractivity contribution in [1.82, 2.24) is 0 Å². The van der Waals surface area contributed by atoms with Crippen LogP contribution in [0, 0.1) is 5.82 Å². The average molecular weight is 316 g/mol. The van der Waals surface area contributed by atoms with Gasteiger partial charge in [0.25, 0.3) is 0 Å². The Balaban J connectivity index is 2.34. The van der Waals surface area contributed by atoms with Gasteiger partial charge >= 0.3 is 0 Å². The molecule has 2 aromatic rings. The van der Waals surface area contributed by atoms with Gasteiger partial charge in [0.15, 0.2) is 17.3 Å². The summed E-state index contributed by atoms with van der Waals surface area (Å²) in [5.74, 6) is 0.488. The van der Waals surface area contributed by atoms with Gasteiger partial charge in [-0.15, -0.1) is 0 Å². The lowest BCUT2D eigenvalue weighted by atomic mass is 10.1. The third kappa shape index (κ3) is 3.69. The topological polar surface area (TPSA) is 44.8 Å². The summed E-state index contributed by atoms with van der Waals surface area (Å²) in [5, 5.41) is 0. The SMILES string of the molecule is COc1cc(C(=O)/C=C/c2ccccc2F)cc(OC)c1OC. The molecule has 0 saturated heterocycles. The van der Waals surface area contributed by atoms with Crippen molar-refractivity contribution in [2.24, 2.45) is 0 Å². The van der Waals surface area contributed by atoms with Crippen molar-refractivity contribution in [3.8, 4) is 17.2 Å². The van der Waals surface area contributed by atoms with E-state index in [9.17, 15) is 9.18 Å². The first-order valence-electron chi connectivity index (χ1n) is 6.87. The van der Waals surface area contributed by atoms with Gasteiger partial charge in [-0.1, -0.05) is 18.2 Å². The van der Waals surface area contributed by atoms with E-state index in [2.05, 4.69) is 0 Å². The summed E-state index contributed by atoms with van der Waals surface area (Å²) in [6, 6.07) is 9.32. The van der Waals surface area contributed by atoms with E-state index >= 15 is 0 Å². The number of hydrogen-bond acceptors (Lipinski definition) is 4. The summed E-state index contributed by atoms with van der Waals surface area (Å²) in [7, 11) is 4.43. The molecular weight excluding hydrogens is 299 g/mol. The van der Waals surface area contributed by atoms with E-state index in [1.165, 1.54) is 39.5 Å². The predicted octanol–water partition coefficient (Wildman–Crippen LogP) is 3.75. The maximum atomic E-state index is 13.6. The standard InChI is InChI=1S/C18H17FO4/c1-21-16-10-13(11-17(22-2)18(16)23-3)15(20)9-8-12-6-4-5-7-14(12)19/h4-11H,1-3H3/b9-8+. The number of allylic oxidation sites excluding steroid dienone is 1. The fourth-order valence-corrected chi connectivity index (χ4v) is 2.10. The Hall–Kier alpha value is -2.82. The molecular formula is C18H17FO4. The summed E-state index contributed by atoms with van der Waals surface area (Å²) >= 11 is 0. The zero-order valence-electron chi connectivity index (χ0n) is 13.1. The van der Waals surface area contributed by atoms with Gasteiger partial charge in [0.1, 0.15) is 5.82 Å². The maximum Gasteiger partial charge on any atom is 0.203 e. The molecule has 0 amide bonds. The van der Waals surface area contributed by atoms with Gasteiger partial charge < -0.3 is 14.2 Å². The molecule has 0 aliphatic rings. The van der Waals surface area contributed by atoms with E-state index in [1.54, 1.807) is 30.3 Å². The van der Waals surface area contributed by atoms with Crippen LogP contribution in [0.25, 0.3) is 6.08 Å². The van der Waals surface area contributed by atoms with Gasteiger partial charge in [-0.2, -0.15) is 0 Å². The lowest BCUT2D eigenvalue weighted by Crippen LogP contribution is -2.00. The smallest absolute Gasteiger partial charge is 0.203 e. The molecule has 4 nitrogen and oxygen atoms in total. The number of benzene rings is 2. The Morgan fingerprint density at radius 3 is 2.13 bits per heavy atom. The summed E-state index contributed by atoms with van der Waals surface area (Å²) < 4.78 is 29.2. The number of halogens is 1. The number of ether oxygens (including phenoxy) is 3. The zero-order valence-corrected chi connectivity index (χ0v) is 13.1. The van der Waals surface area contributed by atoms with E-state index in [0.717, 1.165) is 0 Å². The van der Waals surface area contributed by atoms with Gasteiger partial charge in [-0.05, 0) is 30.4 Å². The predicted molar refractivity (Wildman–Crippen MR) is 85.9 cm³/mol. The molecule has 0 spiro atoms. The minimum Gasteiger partial charge on any atom is -0.493 e. The molecule has 2 rings (SSSR count). The third-order valence-corrected chi connectivity index (χ3v) is 3.27. The summed E-state index contributed by atoms with van der Waals surface area (Å²) in [4.78, 5) is 12.3. The van der Waals surface area contributed by atoms with E-state index in [4.69, 9.17) is 14.2 Å². The number of carbonyl (C=O) groups is 1. The van der Waals surface area contributed by atoms with Gasteiger partial charge in [0.2, 0.25) is 5.75 Å². The molecule has 0 aliphatic carbocycles. The second-order valence-electron chi connectivity index (χ2n) is 4.63. The molecule has 0 aliphatic heterocycles. The van der Waals surface area contributed by atoms with Gasteiger partial charge in [-0.3, -0.25) is 4.79 Å². The first-order valence-corrected chi connectivity index (χ1v) is 6.87. The minimum atomic E-state index is -0.388. The van der Waals surface area contributed by atoms with E-state index in [1.807, 2.05) is 0 Å². The van der Waals surface area contributed by atoms with Crippen LogP contribution in [0.1, 0.15) is 15.9 Å². The van der Waals surface area contributed by atoms with Crippen LogP contribution in [0.4, 0.5) is 4.39 Å². The highest BCUT2D eigenvalue weighted by atomic mass is 19.1. The van der Waals surface area contributed by atoms with Crippen molar-refractivity contribution >= 4 is 11.9 Å². The first-order chi connectivity index (χ1) is 11.1. The molecule has 5 heteroatoms. The zero-order chi connectivity index (χ0) is 16.8. The first kappa shape index (κ1) is 16.5.